The molecule has 1 N–H and O–H groups in total. The van der Waals surface area contributed by atoms with Crippen LogP contribution in [0.5, 0.6) is 0 Å². The highest BCUT2D eigenvalue weighted by atomic mass is 35.5. The molecule has 1 aromatic heterocycles. The third-order valence-corrected chi connectivity index (χ3v) is 2.86. The van der Waals surface area contributed by atoms with Gasteiger partial charge in [-0.3, -0.25) is 9.59 Å². The Kier molecular flexibility index (Phi) is 3.49. The molecule has 0 atom stereocenters. The maximum atomic E-state index is 12.1. The van der Waals surface area contributed by atoms with Gasteiger partial charge in [0.25, 0.3) is 5.91 Å². The highest BCUT2D eigenvalue weighted by Crippen LogP contribution is 2.18. The number of hydrogen-bond donors (Lipinski definition) is 1. The summed E-state index contributed by atoms with van der Waals surface area (Å²) in [6.07, 6.45) is 0. The molecule has 2 amide bonds. The van der Waals surface area contributed by atoms with Crippen molar-refractivity contribution < 1.29 is 9.59 Å². The van der Waals surface area contributed by atoms with Gasteiger partial charge in [-0.25, -0.2) is 4.98 Å². The lowest BCUT2D eigenvalue weighted by Crippen LogP contribution is -2.50. The molecule has 1 aliphatic rings. The molecule has 1 saturated heterocycles. The van der Waals surface area contributed by atoms with Crippen LogP contribution in [0.3, 0.4) is 0 Å². The topological polar surface area (TPSA) is 62.3 Å². The minimum Gasteiger partial charge on any atom is -0.353 e. The van der Waals surface area contributed by atoms with Crippen LogP contribution in [0.15, 0.2) is 12.1 Å². The Balaban J connectivity index is 2.24. The van der Waals surface area contributed by atoms with Crippen molar-refractivity contribution in [3.05, 3.63) is 28.0 Å². The van der Waals surface area contributed by atoms with Crippen LogP contribution in [0, 0.1) is 0 Å². The van der Waals surface area contributed by atoms with Crippen molar-refractivity contribution in [2.45, 2.75) is 0 Å². The molecule has 1 aromatic rings. The van der Waals surface area contributed by atoms with E-state index in [-0.39, 0.29) is 34.2 Å². The SMILES string of the molecule is O=C1CN(C(=O)c2nc(Cl)ccc2Cl)CCN1. The van der Waals surface area contributed by atoms with Crippen LogP contribution in [0.25, 0.3) is 0 Å². The van der Waals surface area contributed by atoms with Gasteiger partial charge in [0.2, 0.25) is 5.91 Å². The number of amides is 2. The number of nitrogens with zero attached hydrogens (tertiary/aromatic N) is 2. The van der Waals surface area contributed by atoms with Gasteiger partial charge in [0.15, 0.2) is 0 Å². The number of carbonyl (C=O) groups is 2. The van der Waals surface area contributed by atoms with Crippen LogP contribution in [-0.4, -0.2) is 41.3 Å². The predicted molar refractivity (Wildman–Crippen MR) is 63.2 cm³/mol. The van der Waals surface area contributed by atoms with Crippen molar-refractivity contribution >= 4 is 35.0 Å². The molecule has 0 saturated carbocycles. The zero-order valence-electron chi connectivity index (χ0n) is 8.74. The maximum Gasteiger partial charge on any atom is 0.274 e. The van der Waals surface area contributed by atoms with Crippen LogP contribution < -0.4 is 5.32 Å². The number of rotatable bonds is 1. The number of hydrogen-bond acceptors (Lipinski definition) is 3. The van der Waals surface area contributed by atoms with Crippen molar-refractivity contribution in [2.24, 2.45) is 0 Å². The second-order valence-corrected chi connectivity index (χ2v) is 4.34. The van der Waals surface area contributed by atoms with E-state index in [0.717, 1.165) is 0 Å². The van der Waals surface area contributed by atoms with Gasteiger partial charge >= 0.3 is 0 Å². The largest absolute Gasteiger partial charge is 0.353 e. The van der Waals surface area contributed by atoms with Crippen molar-refractivity contribution in [2.75, 3.05) is 19.6 Å². The van der Waals surface area contributed by atoms with Gasteiger partial charge in [-0.05, 0) is 12.1 Å². The van der Waals surface area contributed by atoms with E-state index in [0.29, 0.717) is 13.1 Å². The van der Waals surface area contributed by atoms with Crippen molar-refractivity contribution in [1.82, 2.24) is 15.2 Å². The maximum absolute atomic E-state index is 12.1. The van der Waals surface area contributed by atoms with Crippen LogP contribution >= 0.6 is 23.2 Å². The second kappa shape index (κ2) is 4.89. The van der Waals surface area contributed by atoms with Gasteiger partial charge in [0.1, 0.15) is 10.8 Å². The van der Waals surface area contributed by atoms with E-state index in [1.54, 1.807) is 0 Å². The molecule has 0 aromatic carbocycles. The Morgan fingerprint density at radius 2 is 2.18 bits per heavy atom. The minimum atomic E-state index is -0.382. The number of piperazine rings is 1. The summed E-state index contributed by atoms with van der Waals surface area (Å²) >= 11 is 11.6. The zero-order valence-corrected chi connectivity index (χ0v) is 10.3. The molecule has 0 bridgehead atoms. The van der Waals surface area contributed by atoms with E-state index in [2.05, 4.69) is 10.3 Å². The number of carbonyl (C=O) groups excluding carboxylic acids is 2. The molecule has 0 radical (unpaired) electrons. The lowest BCUT2D eigenvalue weighted by atomic mass is 10.2. The zero-order chi connectivity index (χ0) is 12.4. The van der Waals surface area contributed by atoms with Crippen LogP contribution in [0.1, 0.15) is 10.5 Å². The quantitative estimate of drug-likeness (QED) is 0.776. The van der Waals surface area contributed by atoms with Crippen molar-refractivity contribution in [3.63, 3.8) is 0 Å². The summed E-state index contributed by atoms with van der Waals surface area (Å²) in [5.41, 5.74) is 0.0777. The summed E-state index contributed by atoms with van der Waals surface area (Å²) in [5.74, 6) is -0.574. The fraction of sp³-hybridized carbons (Fsp3) is 0.300. The van der Waals surface area contributed by atoms with Crippen molar-refractivity contribution in [3.8, 4) is 0 Å². The average molecular weight is 274 g/mol. The molecule has 0 unspecified atom stereocenters. The van der Waals surface area contributed by atoms with E-state index in [1.807, 2.05) is 0 Å². The first-order valence-electron chi connectivity index (χ1n) is 4.96. The Hall–Kier alpha value is -1.33. The average Bonchev–Trinajstić information content (AvgIpc) is 2.31. The highest BCUT2D eigenvalue weighted by Gasteiger charge is 2.24. The third-order valence-electron chi connectivity index (χ3n) is 2.34. The first-order chi connectivity index (χ1) is 8.08. The summed E-state index contributed by atoms with van der Waals surface area (Å²) in [7, 11) is 0. The number of nitrogens with one attached hydrogen (secondary N) is 1. The summed E-state index contributed by atoms with van der Waals surface area (Å²) < 4.78 is 0. The summed E-state index contributed by atoms with van der Waals surface area (Å²) in [6.45, 7) is 0.890. The molecular weight excluding hydrogens is 265 g/mol. The van der Waals surface area contributed by atoms with Gasteiger partial charge < -0.3 is 10.2 Å². The molecule has 2 rings (SSSR count). The van der Waals surface area contributed by atoms with E-state index < -0.39 is 0 Å². The number of aromatic nitrogens is 1. The highest BCUT2D eigenvalue weighted by molar-refractivity contribution is 6.34. The van der Waals surface area contributed by atoms with Gasteiger partial charge in [0, 0.05) is 13.1 Å². The molecule has 17 heavy (non-hydrogen) atoms. The fourth-order valence-corrected chi connectivity index (χ4v) is 1.86. The van der Waals surface area contributed by atoms with E-state index in [1.165, 1.54) is 17.0 Å². The van der Waals surface area contributed by atoms with Crippen molar-refractivity contribution in [1.29, 1.82) is 0 Å². The summed E-state index contributed by atoms with van der Waals surface area (Å²) in [4.78, 5) is 28.5. The molecule has 7 heteroatoms. The van der Waals surface area contributed by atoms with E-state index in [9.17, 15) is 9.59 Å². The Morgan fingerprint density at radius 1 is 1.41 bits per heavy atom. The van der Waals surface area contributed by atoms with E-state index >= 15 is 0 Å². The first kappa shape index (κ1) is 12.1. The Bertz CT molecular complexity index is 479. The Morgan fingerprint density at radius 3 is 2.88 bits per heavy atom. The summed E-state index contributed by atoms with van der Waals surface area (Å²) in [6, 6.07) is 3.01. The van der Waals surface area contributed by atoms with Crippen LogP contribution in [0.2, 0.25) is 10.2 Å². The third kappa shape index (κ3) is 2.68. The van der Waals surface area contributed by atoms with Crippen LogP contribution in [0.4, 0.5) is 0 Å². The molecule has 1 aliphatic heterocycles. The monoisotopic (exact) mass is 273 g/mol. The Labute approximate surface area is 108 Å². The second-order valence-electron chi connectivity index (χ2n) is 3.54. The molecular formula is C10H9Cl2N3O2. The summed E-state index contributed by atoms with van der Waals surface area (Å²) in [5, 5.41) is 3.05. The van der Waals surface area contributed by atoms with Crippen LogP contribution in [-0.2, 0) is 4.79 Å². The first-order valence-corrected chi connectivity index (χ1v) is 5.71. The molecule has 5 nitrogen and oxygen atoms in total. The predicted octanol–water partition coefficient (Wildman–Crippen LogP) is 0.960. The lowest BCUT2D eigenvalue weighted by molar-refractivity contribution is -0.123. The number of halogens is 2. The normalized spacial score (nSPS) is 15.6. The van der Waals surface area contributed by atoms with Gasteiger partial charge in [-0.15, -0.1) is 0 Å². The number of pyridine rings is 1. The van der Waals surface area contributed by atoms with Gasteiger partial charge in [-0.2, -0.15) is 0 Å². The molecule has 90 valence electrons. The van der Waals surface area contributed by atoms with Gasteiger partial charge in [-0.1, -0.05) is 23.2 Å². The molecule has 0 aliphatic carbocycles. The van der Waals surface area contributed by atoms with E-state index in [4.69, 9.17) is 23.2 Å². The minimum absolute atomic E-state index is 0.0172. The fourth-order valence-electron chi connectivity index (χ4n) is 1.53. The smallest absolute Gasteiger partial charge is 0.274 e. The standard InChI is InChI=1S/C10H9Cl2N3O2/c11-6-1-2-7(12)14-9(6)10(17)15-4-3-13-8(16)5-15/h1-2H,3-5H2,(H,13,16). The lowest BCUT2D eigenvalue weighted by Gasteiger charge is -2.26. The molecule has 0 spiro atoms. The van der Waals surface area contributed by atoms with Gasteiger partial charge in [0.05, 0.1) is 11.6 Å². The molecule has 1 fully saturated rings. The molecule has 2 heterocycles.